The van der Waals surface area contributed by atoms with Crippen LogP contribution in [-0.2, 0) is 9.53 Å². The highest BCUT2D eigenvalue weighted by Gasteiger charge is 2.35. The van der Waals surface area contributed by atoms with E-state index in [9.17, 15) is 4.79 Å². The fourth-order valence-electron chi connectivity index (χ4n) is 1.33. The minimum Gasteiger partial charge on any atom is -0.468 e. The molecule has 1 rings (SSSR count). The molecule has 0 radical (unpaired) electrons. The van der Waals surface area contributed by atoms with E-state index < -0.39 is 5.54 Å². The highest BCUT2D eigenvalue weighted by atomic mass is 16.5. The Bertz CT molecular complexity index is 245. The molecule has 0 spiro atoms. The van der Waals surface area contributed by atoms with Gasteiger partial charge in [0.1, 0.15) is 5.54 Å². The molecule has 0 aromatic heterocycles. The molecule has 3 nitrogen and oxygen atoms in total. The summed E-state index contributed by atoms with van der Waals surface area (Å²) in [4.78, 5) is 11.2. The molecule has 0 aliphatic heterocycles. The minimum atomic E-state index is -0.888. The van der Waals surface area contributed by atoms with Crippen molar-refractivity contribution < 1.29 is 9.53 Å². The van der Waals surface area contributed by atoms with Gasteiger partial charge in [-0.2, -0.15) is 0 Å². The average Bonchev–Trinajstić information content (AvgIpc) is 2.02. The topological polar surface area (TPSA) is 52.3 Å². The third-order valence-corrected chi connectivity index (χ3v) is 1.97. The van der Waals surface area contributed by atoms with Gasteiger partial charge in [-0.3, -0.25) is 4.79 Å². The largest absolute Gasteiger partial charge is 0.468 e. The van der Waals surface area contributed by atoms with Crippen LogP contribution in [-0.4, -0.2) is 18.6 Å². The Hall–Kier alpha value is -1.09. The zero-order chi connectivity index (χ0) is 9.19. The lowest BCUT2D eigenvalue weighted by atomic mass is 9.84. The van der Waals surface area contributed by atoms with Gasteiger partial charge in [0.25, 0.3) is 0 Å². The van der Waals surface area contributed by atoms with Gasteiger partial charge in [0.2, 0.25) is 0 Å². The molecule has 0 fully saturated rings. The number of methoxy groups -OCH3 is 1. The quantitative estimate of drug-likeness (QED) is 0.587. The van der Waals surface area contributed by atoms with Crippen LogP contribution in [0.25, 0.3) is 0 Å². The standard InChI is InChI=1S/C9H13NO2/c1-7-4-3-5-9(10,6-7)8(11)12-2/h3-4H,1,5-6,10H2,2H3. The molecule has 0 bridgehead atoms. The number of hydrogen-bond donors (Lipinski definition) is 1. The summed E-state index contributed by atoms with van der Waals surface area (Å²) in [6.07, 6.45) is 4.74. The van der Waals surface area contributed by atoms with Gasteiger partial charge in [0, 0.05) is 6.42 Å². The van der Waals surface area contributed by atoms with Crippen molar-refractivity contribution in [1.82, 2.24) is 0 Å². The highest BCUT2D eigenvalue weighted by molar-refractivity contribution is 5.81. The first-order valence-electron chi connectivity index (χ1n) is 3.80. The Morgan fingerprint density at radius 2 is 2.50 bits per heavy atom. The van der Waals surface area contributed by atoms with Crippen LogP contribution in [0.15, 0.2) is 24.3 Å². The Kier molecular flexibility index (Phi) is 2.33. The van der Waals surface area contributed by atoms with Crippen LogP contribution in [0.5, 0.6) is 0 Å². The van der Waals surface area contributed by atoms with E-state index >= 15 is 0 Å². The number of carbonyl (C=O) groups excluding carboxylic acids is 1. The average molecular weight is 167 g/mol. The predicted molar refractivity (Wildman–Crippen MR) is 46.4 cm³/mol. The van der Waals surface area contributed by atoms with E-state index in [0.29, 0.717) is 12.8 Å². The Morgan fingerprint density at radius 3 is 3.00 bits per heavy atom. The zero-order valence-corrected chi connectivity index (χ0v) is 7.17. The lowest BCUT2D eigenvalue weighted by molar-refractivity contribution is -0.147. The number of nitrogens with two attached hydrogens (primary N) is 1. The summed E-state index contributed by atoms with van der Waals surface area (Å²) in [5.41, 5.74) is 5.80. The molecule has 1 aliphatic rings. The smallest absolute Gasteiger partial charge is 0.326 e. The lowest BCUT2D eigenvalue weighted by Gasteiger charge is -2.28. The summed E-state index contributed by atoms with van der Waals surface area (Å²) in [5, 5.41) is 0. The second-order valence-corrected chi connectivity index (χ2v) is 3.09. The van der Waals surface area contributed by atoms with Gasteiger partial charge >= 0.3 is 5.97 Å². The van der Waals surface area contributed by atoms with Crippen LogP contribution < -0.4 is 5.73 Å². The third-order valence-electron chi connectivity index (χ3n) is 1.97. The molecular formula is C9H13NO2. The van der Waals surface area contributed by atoms with Crippen molar-refractivity contribution in [1.29, 1.82) is 0 Å². The first-order valence-corrected chi connectivity index (χ1v) is 3.80. The molecule has 0 amide bonds. The Balaban J connectivity index is 2.79. The second-order valence-electron chi connectivity index (χ2n) is 3.09. The normalized spacial score (nSPS) is 28.7. The molecule has 1 unspecified atom stereocenters. The molecule has 2 N–H and O–H groups in total. The van der Waals surface area contributed by atoms with Crippen molar-refractivity contribution in [3.8, 4) is 0 Å². The number of esters is 1. The maximum atomic E-state index is 11.2. The van der Waals surface area contributed by atoms with Gasteiger partial charge in [0.05, 0.1) is 7.11 Å². The summed E-state index contributed by atoms with van der Waals surface area (Å²) < 4.78 is 4.60. The van der Waals surface area contributed by atoms with Gasteiger partial charge in [0.15, 0.2) is 0 Å². The number of rotatable bonds is 1. The first kappa shape index (κ1) is 9.00. The summed E-state index contributed by atoms with van der Waals surface area (Å²) in [7, 11) is 1.35. The molecule has 0 saturated carbocycles. The number of hydrogen-bond acceptors (Lipinski definition) is 3. The SMILES string of the molecule is C=C1C=CCC(N)(C(=O)OC)C1. The molecular weight excluding hydrogens is 154 g/mol. The monoisotopic (exact) mass is 167 g/mol. The summed E-state index contributed by atoms with van der Waals surface area (Å²) in [6.45, 7) is 3.75. The number of ether oxygens (including phenoxy) is 1. The highest BCUT2D eigenvalue weighted by Crippen LogP contribution is 2.24. The number of carbonyl (C=O) groups is 1. The molecule has 0 heterocycles. The fourth-order valence-corrected chi connectivity index (χ4v) is 1.33. The molecule has 3 heteroatoms. The maximum absolute atomic E-state index is 11.2. The minimum absolute atomic E-state index is 0.368. The van der Waals surface area contributed by atoms with E-state index in [1.54, 1.807) is 0 Å². The van der Waals surface area contributed by atoms with Crippen LogP contribution >= 0.6 is 0 Å². The third kappa shape index (κ3) is 1.56. The predicted octanol–water partition coefficient (Wildman–Crippen LogP) is 0.763. The molecule has 1 atom stereocenters. The lowest BCUT2D eigenvalue weighted by Crippen LogP contribution is -2.49. The Labute approximate surface area is 71.9 Å². The van der Waals surface area contributed by atoms with Gasteiger partial charge in [-0.15, -0.1) is 0 Å². The van der Waals surface area contributed by atoms with Gasteiger partial charge in [-0.1, -0.05) is 24.3 Å². The van der Waals surface area contributed by atoms with Crippen molar-refractivity contribution in [2.45, 2.75) is 18.4 Å². The number of allylic oxidation sites excluding steroid dienone is 1. The van der Waals surface area contributed by atoms with E-state index in [1.807, 2.05) is 12.2 Å². The van der Waals surface area contributed by atoms with Crippen LogP contribution in [0, 0.1) is 0 Å². The van der Waals surface area contributed by atoms with Gasteiger partial charge in [-0.05, 0) is 6.42 Å². The maximum Gasteiger partial charge on any atom is 0.326 e. The van der Waals surface area contributed by atoms with Crippen LogP contribution in [0.2, 0.25) is 0 Å². The van der Waals surface area contributed by atoms with Gasteiger partial charge in [-0.25, -0.2) is 0 Å². The van der Waals surface area contributed by atoms with Crippen LogP contribution in [0.4, 0.5) is 0 Å². The van der Waals surface area contributed by atoms with E-state index in [1.165, 1.54) is 7.11 Å². The summed E-state index contributed by atoms with van der Waals surface area (Å²) in [5.74, 6) is -0.368. The molecule has 0 aromatic rings. The van der Waals surface area contributed by atoms with E-state index in [2.05, 4.69) is 11.3 Å². The van der Waals surface area contributed by atoms with Crippen molar-refractivity contribution in [3.63, 3.8) is 0 Å². The van der Waals surface area contributed by atoms with Crippen molar-refractivity contribution in [3.05, 3.63) is 24.3 Å². The van der Waals surface area contributed by atoms with Crippen LogP contribution in [0.3, 0.4) is 0 Å². The second kappa shape index (κ2) is 3.11. The van der Waals surface area contributed by atoms with Gasteiger partial charge < -0.3 is 10.5 Å². The fraction of sp³-hybridized carbons (Fsp3) is 0.444. The van der Waals surface area contributed by atoms with Crippen molar-refractivity contribution >= 4 is 5.97 Å². The summed E-state index contributed by atoms with van der Waals surface area (Å²) in [6, 6.07) is 0. The molecule has 1 aliphatic carbocycles. The zero-order valence-electron chi connectivity index (χ0n) is 7.17. The first-order chi connectivity index (χ1) is 5.58. The molecule has 12 heavy (non-hydrogen) atoms. The van der Waals surface area contributed by atoms with E-state index in [0.717, 1.165) is 5.57 Å². The van der Waals surface area contributed by atoms with E-state index in [4.69, 9.17) is 5.73 Å². The van der Waals surface area contributed by atoms with Crippen LogP contribution in [0.1, 0.15) is 12.8 Å². The molecule has 0 aromatic carbocycles. The van der Waals surface area contributed by atoms with Crippen molar-refractivity contribution in [2.24, 2.45) is 5.73 Å². The molecule has 66 valence electrons. The summed E-state index contributed by atoms with van der Waals surface area (Å²) >= 11 is 0. The molecule has 0 saturated heterocycles. The van der Waals surface area contributed by atoms with Crippen molar-refractivity contribution in [2.75, 3.05) is 7.11 Å². The van der Waals surface area contributed by atoms with E-state index in [-0.39, 0.29) is 5.97 Å². The Morgan fingerprint density at radius 1 is 1.83 bits per heavy atom.